The number of nitrogens with zero attached hydrogens (tertiary/aromatic N) is 5. The molecule has 0 amide bonds. The third-order valence-corrected chi connectivity index (χ3v) is 5.17. The van der Waals surface area contributed by atoms with Crippen LogP contribution >= 0.6 is 0 Å². The first-order valence-corrected chi connectivity index (χ1v) is 9.38. The molecule has 0 atom stereocenters. The fourth-order valence-corrected chi connectivity index (χ4v) is 3.53. The van der Waals surface area contributed by atoms with Gasteiger partial charge in [0.15, 0.2) is 12.3 Å². The summed E-state index contributed by atoms with van der Waals surface area (Å²) < 4.78 is 45.0. The van der Waals surface area contributed by atoms with Gasteiger partial charge in [0.2, 0.25) is 0 Å². The van der Waals surface area contributed by atoms with Gasteiger partial charge in [0.25, 0.3) is 5.82 Å². The Morgan fingerprint density at radius 1 is 1.10 bits per heavy atom. The van der Waals surface area contributed by atoms with E-state index < -0.39 is 30.2 Å². The number of benzene rings is 1. The summed E-state index contributed by atoms with van der Waals surface area (Å²) in [7, 11) is 0. The van der Waals surface area contributed by atoms with Gasteiger partial charge in [0, 0.05) is 13.1 Å². The highest BCUT2D eigenvalue weighted by atomic mass is 19.4. The maximum Gasteiger partial charge on any atom is 0.453 e. The molecule has 2 aromatic heterocycles. The van der Waals surface area contributed by atoms with Crippen LogP contribution < -0.4 is 9.64 Å². The molecule has 3 aromatic rings. The van der Waals surface area contributed by atoms with Gasteiger partial charge in [-0.2, -0.15) is 17.7 Å². The molecule has 9 nitrogen and oxygen atoms in total. The Morgan fingerprint density at radius 3 is 2.39 bits per heavy atom. The molecule has 2 N–H and O–H groups in total. The molecule has 1 fully saturated rings. The largest absolute Gasteiger partial charge is 0.482 e. The van der Waals surface area contributed by atoms with Crippen molar-refractivity contribution < 1.29 is 32.9 Å². The minimum atomic E-state index is -4.67. The van der Waals surface area contributed by atoms with Crippen LogP contribution in [-0.4, -0.2) is 55.7 Å². The lowest BCUT2D eigenvalue weighted by atomic mass is 9.84. The van der Waals surface area contributed by atoms with E-state index in [0.29, 0.717) is 47.6 Å². The topological polar surface area (TPSA) is 113 Å². The van der Waals surface area contributed by atoms with Crippen molar-refractivity contribution in [3.05, 3.63) is 47.8 Å². The standard InChI is InChI=1S/C19H18F3N5O4/c20-19(21,22)17-24-23-14-5-6-15(25-27(14)17)26-9-7-18(30,8-10-26)12-1-3-13(4-2-12)31-11-16(28)29/h1-6,30H,7-11H2,(H,28,29). The number of hydrogen-bond donors (Lipinski definition) is 2. The highest BCUT2D eigenvalue weighted by molar-refractivity contribution is 5.68. The first-order valence-electron chi connectivity index (χ1n) is 9.38. The van der Waals surface area contributed by atoms with Gasteiger partial charge < -0.3 is 19.8 Å². The number of fused-ring (bicyclic) bond motifs is 1. The zero-order chi connectivity index (χ0) is 22.2. The molecular formula is C19H18F3N5O4. The third kappa shape index (κ3) is 4.24. The van der Waals surface area contributed by atoms with Crippen LogP contribution in [0.25, 0.3) is 5.65 Å². The summed E-state index contributed by atoms with van der Waals surface area (Å²) in [6.45, 7) is 0.282. The molecule has 31 heavy (non-hydrogen) atoms. The van der Waals surface area contributed by atoms with Gasteiger partial charge in [-0.3, -0.25) is 0 Å². The maximum absolute atomic E-state index is 13.1. The van der Waals surface area contributed by atoms with Crippen LogP contribution in [0.2, 0.25) is 0 Å². The van der Waals surface area contributed by atoms with Crippen molar-refractivity contribution in [3.63, 3.8) is 0 Å². The Labute approximate surface area is 173 Å². The Morgan fingerprint density at radius 2 is 1.77 bits per heavy atom. The number of piperidine rings is 1. The summed E-state index contributed by atoms with van der Waals surface area (Å²) >= 11 is 0. The Bertz CT molecular complexity index is 1090. The van der Waals surface area contributed by atoms with Crippen molar-refractivity contribution in [2.75, 3.05) is 24.6 Å². The van der Waals surface area contributed by atoms with E-state index in [1.54, 1.807) is 35.2 Å². The number of halogens is 3. The molecule has 0 aliphatic carbocycles. The van der Waals surface area contributed by atoms with E-state index in [1.165, 1.54) is 6.07 Å². The predicted octanol–water partition coefficient (Wildman–Crippen LogP) is 2.09. The van der Waals surface area contributed by atoms with Gasteiger partial charge in [-0.15, -0.1) is 15.3 Å². The van der Waals surface area contributed by atoms with Gasteiger partial charge in [-0.25, -0.2) is 4.79 Å². The number of aromatic nitrogens is 4. The zero-order valence-electron chi connectivity index (χ0n) is 16.1. The van der Waals surface area contributed by atoms with Gasteiger partial charge in [-0.05, 0) is 42.7 Å². The van der Waals surface area contributed by atoms with Crippen molar-refractivity contribution in [2.45, 2.75) is 24.6 Å². The fraction of sp³-hybridized carbons (Fsp3) is 0.368. The molecule has 4 rings (SSSR count). The SMILES string of the molecule is O=C(O)COc1ccc(C2(O)CCN(c3ccc4nnc(C(F)(F)F)n4n3)CC2)cc1. The van der Waals surface area contributed by atoms with Crippen LogP contribution in [0.5, 0.6) is 5.75 Å². The van der Waals surface area contributed by atoms with Crippen LogP contribution in [0.4, 0.5) is 19.0 Å². The van der Waals surface area contributed by atoms with Crippen LogP contribution in [0.3, 0.4) is 0 Å². The smallest absolute Gasteiger partial charge is 0.453 e. The van der Waals surface area contributed by atoms with E-state index in [1.807, 2.05) is 0 Å². The number of ether oxygens (including phenoxy) is 1. The van der Waals surface area contributed by atoms with Crippen molar-refractivity contribution in [3.8, 4) is 5.75 Å². The average molecular weight is 437 g/mol. The average Bonchev–Trinajstić information content (AvgIpc) is 3.17. The maximum atomic E-state index is 13.1. The number of aliphatic hydroxyl groups is 1. The molecule has 0 bridgehead atoms. The highest BCUT2D eigenvalue weighted by Gasteiger charge is 2.38. The Hall–Kier alpha value is -3.41. The number of aliphatic carboxylic acids is 1. The third-order valence-electron chi connectivity index (χ3n) is 5.17. The molecule has 1 aliphatic heterocycles. The molecule has 0 saturated carbocycles. The zero-order valence-corrected chi connectivity index (χ0v) is 16.1. The normalized spacial score (nSPS) is 16.5. The second-order valence-electron chi connectivity index (χ2n) is 7.21. The molecule has 164 valence electrons. The van der Waals surface area contributed by atoms with Gasteiger partial charge >= 0.3 is 12.1 Å². The fourth-order valence-electron chi connectivity index (χ4n) is 3.53. The van der Waals surface area contributed by atoms with E-state index in [-0.39, 0.29) is 5.65 Å². The van der Waals surface area contributed by atoms with Crippen molar-refractivity contribution in [1.82, 2.24) is 19.8 Å². The number of hydrogen-bond acceptors (Lipinski definition) is 7. The lowest BCUT2D eigenvalue weighted by Gasteiger charge is -2.39. The first kappa shape index (κ1) is 20.8. The molecular weight excluding hydrogens is 419 g/mol. The molecule has 1 saturated heterocycles. The van der Waals surface area contributed by atoms with Crippen molar-refractivity contribution in [1.29, 1.82) is 0 Å². The lowest BCUT2D eigenvalue weighted by molar-refractivity contribution is -0.146. The summed E-state index contributed by atoms with van der Waals surface area (Å²) in [6.07, 6.45) is -4.01. The molecule has 0 unspecified atom stereocenters. The van der Waals surface area contributed by atoms with E-state index in [4.69, 9.17) is 9.84 Å². The molecule has 0 spiro atoms. The number of carbonyl (C=O) groups is 1. The molecule has 1 aliphatic rings. The minimum Gasteiger partial charge on any atom is -0.482 e. The quantitative estimate of drug-likeness (QED) is 0.624. The monoisotopic (exact) mass is 437 g/mol. The van der Waals surface area contributed by atoms with E-state index in [9.17, 15) is 23.1 Å². The number of alkyl halides is 3. The second-order valence-corrected chi connectivity index (χ2v) is 7.21. The Kier molecular flexibility index (Phi) is 5.17. The number of anilines is 1. The van der Waals surface area contributed by atoms with E-state index in [2.05, 4.69) is 15.3 Å². The first-order chi connectivity index (χ1) is 14.7. The number of rotatable bonds is 5. The number of carboxylic acids is 1. The summed E-state index contributed by atoms with van der Waals surface area (Å²) in [5, 5.41) is 30.4. The summed E-state index contributed by atoms with van der Waals surface area (Å²) in [5.74, 6) is -1.57. The van der Waals surface area contributed by atoms with Crippen molar-refractivity contribution in [2.24, 2.45) is 0 Å². The van der Waals surface area contributed by atoms with Crippen LogP contribution in [-0.2, 0) is 16.6 Å². The second kappa shape index (κ2) is 7.69. The summed E-state index contributed by atoms with van der Waals surface area (Å²) in [5.41, 5.74) is -0.481. The minimum absolute atomic E-state index is 0.00482. The molecule has 0 radical (unpaired) electrons. The molecule has 3 heterocycles. The van der Waals surface area contributed by atoms with Gasteiger partial charge in [-0.1, -0.05) is 12.1 Å². The summed E-state index contributed by atoms with van der Waals surface area (Å²) in [4.78, 5) is 12.4. The van der Waals surface area contributed by atoms with Crippen LogP contribution in [0.1, 0.15) is 24.2 Å². The van der Waals surface area contributed by atoms with Crippen molar-refractivity contribution >= 4 is 17.4 Å². The predicted molar refractivity (Wildman–Crippen MR) is 101 cm³/mol. The Balaban J connectivity index is 1.47. The van der Waals surface area contributed by atoms with Crippen LogP contribution in [0, 0.1) is 0 Å². The summed E-state index contributed by atoms with van der Waals surface area (Å²) in [6, 6.07) is 9.50. The van der Waals surface area contributed by atoms with Crippen LogP contribution in [0.15, 0.2) is 36.4 Å². The molecule has 1 aromatic carbocycles. The molecule has 12 heteroatoms. The van der Waals surface area contributed by atoms with Gasteiger partial charge in [0.1, 0.15) is 11.6 Å². The lowest BCUT2D eigenvalue weighted by Crippen LogP contribution is -2.43. The van der Waals surface area contributed by atoms with E-state index in [0.717, 1.165) is 0 Å². The highest BCUT2D eigenvalue weighted by Crippen LogP contribution is 2.35. The van der Waals surface area contributed by atoms with E-state index >= 15 is 0 Å². The number of carboxylic acid groups (broad SMARTS) is 1. The van der Waals surface area contributed by atoms with Gasteiger partial charge in [0.05, 0.1) is 5.60 Å².